The van der Waals surface area contributed by atoms with Gasteiger partial charge in [-0.1, -0.05) is 18.2 Å². The number of aryl methyl sites for hydroxylation is 1. The summed E-state index contributed by atoms with van der Waals surface area (Å²) in [5.41, 5.74) is 7.51. The first-order valence-electron chi connectivity index (χ1n) is 9.01. The van der Waals surface area contributed by atoms with Crippen molar-refractivity contribution in [2.24, 2.45) is 0 Å². The van der Waals surface area contributed by atoms with Gasteiger partial charge in [-0.3, -0.25) is 9.59 Å². The molecular weight excluding hydrogens is 394 g/mol. The number of nitrogen functional groups attached to an aromatic ring is 1. The Kier molecular flexibility index (Phi) is 7.97. The van der Waals surface area contributed by atoms with Gasteiger partial charge in [0, 0.05) is 24.3 Å². The summed E-state index contributed by atoms with van der Waals surface area (Å²) in [5.74, 6) is 0.277. The number of nitrogens with two attached hydrogens (primary N) is 1. The summed E-state index contributed by atoms with van der Waals surface area (Å²) in [6, 6.07) is 5.34. The van der Waals surface area contributed by atoms with Crippen LogP contribution in [-0.4, -0.2) is 46.9 Å². The number of nitrogens with one attached hydrogen (secondary N) is 1. The van der Waals surface area contributed by atoms with Crippen LogP contribution in [0.5, 0.6) is 5.88 Å². The van der Waals surface area contributed by atoms with Gasteiger partial charge < -0.3 is 20.7 Å². The van der Waals surface area contributed by atoms with Crippen molar-refractivity contribution >= 4 is 35.1 Å². The Labute approximate surface area is 174 Å². The lowest BCUT2D eigenvalue weighted by molar-refractivity contribution is -0.111. The molecule has 1 aromatic heterocycles. The van der Waals surface area contributed by atoms with Gasteiger partial charge in [0.2, 0.25) is 17.7 Å². The summed E-state index contributed by atoms with van der Waals surface area (Å²) in [6.07, 6.45) is 4.78. The van der Waals surface area contributed by atoms with E-state index < -0.39 is 0 Å². The lowest BCUT2D eigenvalue weighted by atomic mass is 10.1. The van der Waals surface area contributed by atoms with Gasteiger partial charge in [-0.25, -0.2) is 4.98 Å². The summed E-state index contributed by atoms with van der Waals surface area (Å²) in [5, 5.41) is 3.07. The largest absolute Gasteiger partial charge is 0.480 e. The second-order valence-electron chi connectivity index (χ2n) is 6.31. The fourth-order valence-electron chi connectivity index (χ4n) is 2.73. The van der Waals surface area contributed by atoms with Gasteiger partial charge in [-0.05, 0) is 49.6 Å². The van der Waals surface area contributed by atoms with Crippen molar-refractivity contribution in [3.05, 3.63) is 53.2 Å². The normalized spacial score (nSPS) is 12.6. The number of methoxy groups -OCH3 is 1. The number of ether oxygens (including phenoxy) is 1. The van der Waals surface area contributed by atoms with Crippen LogP contribution in [0.3, 0.4) is 0 Å². The van der Waals surface area contributed by atoms with E-state index in [1.54, 1.807) is 12.1 Å². The molecule has 1 aromatic carbocycles. The molecule has 9 heteroatoms. The lowest BCUT2D eigenvalue weighted by Crippen LogP contribution is -2.27. The van der Waals surface area contributed by atoms with Gasteiger partial charge >= 0.3 is 0 Å². The molecule has 0 spiro atoms. The van der Waals surface area contributed by atoms with Crippen molar-refractivity contribution in [1.29, 1.82) is 0 Å². The van der Waals surface area contributed by atoms with Crippen LogP contribution in [-0.2, 0) is 4.79 Å². The van der Waals surface area contributed by atoms with E-state index in [1.165, 1.54) is 19.4 Å². The number of aromatic nitrogens is 2. The molecule has 1 aliphatic heterocycles. The summed E-state index contributed by atoms with van der Waals surface area (Å²) in [6.45, 7) is 6.97. The van der Waals surface area contributed by atoms with E-state index in [0.29, 0.717) is 22.2 Å². The van der Waals surface area contributed by atoms with Crippen LogP contribution in [0.1, 0.15) is 28.8 Å². The zero-order chi connectivity index (χ0) is 21.4. The minimum Gasteiger partial charge on any atom is -0.480 e. The molecule has 1 fully saturated rings. The van der Waals surface area contributed by atoms with E-state index >= 15 is 0 Å². The van der Waals surface area contributed by atoms with Crippen LogP contribution in [0, 0.1) is 6.92 Å². The van der Waals surface area contributed by atoms with E-state index in [2.05, 4.69) is 21.9 Å². The molecule has 8 nitrogen and oxygen atoms in total. The Bertz CT molecular complexity index is 898. The van der Waals surface area contributed by atoms with Crippen LogP contribution in [0.25, 0.3) is 0 Å². The first-order chi connectivity index (χ1) is 13.8. The Balaban J connectivity index is 0.000000253. The SMILES string of the molecule is C=CC(=O)Nc1ccc(C(=O)N2CCCC2)cc1C.COc1nc(N)ncc1Cl. The van der Waals surface area contributed by atoms with Crippen LogP contribution in [0.15, 0.2) is 37.1 Å². The van der Waals surface area contributed by atoms with Crippen LogP contribution < -0.4 is 15.8 Å². The molecule has 1 saturated heterocycles. The number of amides is 2. The lowest BCUT2D eigenvalue weighted by Gasteiger charge is -2.16. The van der Waals surface area contributed by atoms with Gasteiger partial charge in [-0.2, -0.15) is 4.98 Å². The first-order valence-corrected chi connectivity index (χ1v) is 9.38. The number of benzene rings is 1. The van der Waals surface area contributed by atoms with E-state index in [0.717, 1.165) is 31.5 Å². The average Bonchev–Trinajstić information content (AvgIpc) is 3.26. The number of halogens is 1. The molecule has 2 heterocycles. The Morgan fingerprint density at radius 3 is 2.59 bits per heavy atom. The zero-order valence-corrected chi connectivity index (χ0v) is 17.2. The first kappa shape index (κ1) is 22.2. The number of anilines is 2. The summed E-state index contributed by atoms with van der Waals surface area (Å²) >= 11 is 5.59. The standard InChI is InChI=1S/C15H18N2O2.C5H6ClN3O/c1-3-14(18)16-13-7-6-12(10-11(13)2)15(19)17-8-4-5-9-17;1-10-4-3(6)2-8-5(7)9-4/h3,6-7,10H,1,4-5,8-9H2,2H3,(H,16,18);2H,1H3,(H2,7,8,9). The van der Waals surface area contributed by atoms with E-state index in [4.69, 9.17) is 22.1 Å². The molecule has 3 N–H and O–H groups in total. The zero-order valence-electron chi connectivity index (χ0n) is 16.4. The molecule has 154 valence electrons. The molecular formula is C20H24ClN5O3. The Morgan fingerprint density at radius 2 is 2.03 bits per heavy atom. The molecule has 3 rings (SSSR count). The van der Waals surface area contributed by atoms with E-state index in [-0.39, 0.29) is 17.8 Å². The van der Waals surface area contributed by atoms with E-state index in [9.17, 15) is 9.59 Å². The van der Waals surface area contributed by atoms with Crippen molar-refractivity contribution in [1.82, 2.24) is 14.9 Å². The third-order valence-corrected chi connectivity index (χ3v) is 4.49. The highest BCUT2D eigenvalue weighted by Crippen LogP contribution is 2.20. The topological polar surface area (TPSA) is 110 Å². The molecule has 2 aromatic rings. The second kappa shape index (κ2) is 10.4. The number of rotatable bonds is 4. The number of nitrogens with zero attached hydrogens (tertiary/aromatic N) is 3. The monoisotopic (exact) mass is 417 g/mol. The number of carbonyl (C=O) groups excluding carboxylic acids is 2. The van der Waals surface area contributed by atoms with E-state index in [1.807, 2.05) is 17.9 Å². The minimum atomic E-state index is -0.248. The number of hydrogen-bond acceptors (Lipinski definition) is 6. The smallest absolute Gasteiger partial charge is 0.253 e. The molecule has 0 aliphatic carbocycles. The van der Waals surface area contributed by atoms with Gasteiger partial charge in [0.25, 0.3) is 5.91 Å². The van der Waals surface area contributed by atoms with Gasteiger partial charge in [-0.15, -0.1) is 0 Å². The molecule has 0 bridgehead atoms. The van der Waals surface area contributed by atoms with Crippen molar-refractivity contribution in [2.75, 3.05) is 31.2 Å². The maximum Gasteiger partial charge on any atom is 0.253 e. The summed E-state index contributed by atoms with van der Waals surface area (Å²) in [7, 11) is 1.47. The molecule has 0 atom stereocenters. The fraction of sp³-hybridized carbons (Fsp3) is 0.300. The molecule has 1 aliphatic rings. The number of hydrogen-bond donors (Lipinski definition) is 2. The maximum absolute atomic E-state index is 12.2. The Hall–Kier alpha value is -3.13. The number of likely N-dealkylation sites (tertiary alicyclic amines) is 1. The highest BCUT2D eigenvalue weighted by Gasteiger charge is 2.19. The predicted molar refractivity (Wildman–Crippen MR) is 113 cm³/mol. The third-order valence-electron chi connectivity index (χ3n) is 4.23. The molecule has 0 radical (unpaired) electrons. The summed E-state index contributed by atoms with van der Waals surface area (Å²) in [4.78, 5) is 32.7. The quantitative estimate of drug-likeness (QED) is 0.739. The molecule has 0 unspecified atom stereocenters. The molecule has 29 heavy (non-hydrogen) atoms. The average molecular weight is 418 g/mol. The number of carbonyl (C=O) groups is 2. The minimum absolute atomic E-state index is 0.0715. The maximum atomic E-state index is 12.2. The van der Waals surface area contributed by atoms with Crippen molar-refractivity contribution < 1.29 is 14.3 Å². The Morgan fingerprint density at radius 1 is 1.34 bits per heavy atom. The van der Waals surface area contributed by atoms with Gasteiger partial charge in [0.15, 0.2) is 0 Å². The van der Waals surface area contributed by atoms with Crippen LogP contribution >= 0.6 is 11.6 Å². The summed E-state index contributed by atoms with van der Waals surface area (Å²) < 4.78 is 4.76. The van der Waals surface area contributed by atoms with Crippen molar-refractivity contribution in [3.8, 4) is 5.88 Å². The highest BCUT2D eigenvalue weighted by atomic mass is 35.5. The van der Waals surface area contributed by atoms with Crippen LogP contribution in [0.4, 0.5) is 11.6 Å². The van der Waals surface area contributed by atoms with Crippen molar-refractivity contribution in [2.45, 2.75) is 19.8 Å². The second-order valence-corrected chi connectivity index (χ2v) is 6.71. The predicted octanol–water partition coefficient (Wildman–Crippen LogP) is 3.08. The fourth-order valence-corrected chi connectivity index (χ4v) is 2.90. The third kappa shape index (κ3) is 6.18. The highest BCUT2D eigenvalue weighted by molar-refractivity contribution is 6.31. The van der Waals surface area contributed by atoms with Crippen LogP contribution in [0.2, 0.25) is 5.02 Å². The molecule has 0 saturated carbocycles. The van der Waals surface area contributed by atoms with Gasteiger partial charge in [0.1, 0.15) is 5.02 Å². The van der Waals surface area contributed by atoms with Crippen molar-refractivity contribution in [3.63, 3.8) is 0 Å². The van der Waals surface area contributed by atoms with Gasteiger partial charge in [0.05, 0.1) is 13.3 Å². The molecule has 2 amide bonds.